The van der Waals surface area contributed by atoms with E-state index < -0.39 is 10.2 Å². The van der Waals surface area contributed by atoms with Crippen molar-refractivity contribution in [3.63, 3.8) is 0 Å². The van der Waals surface area contributed by atoms with Gasteiger partial charge in [-0.2, -0.15) is 13.1 Å². The van der Waals surface area contributed by atoms with Crippen LogP contribution in [0, 0.1) is 6.92 Å². The van der Waals surface area contributed by atoms with Crippen LogP contribution in [0.4, 0.5) is 5.82 Å². The molecular weight excluding hydrogens is 384 g/mol. The van der Waals surface area contributed by atoms with Crippen LogP contribution in [0.2, 0.25) is 5.15 Å². The third kappa shape index (κ3) is 5.26. The van der Waals surface area contributed by atoms with Gasteiger partial charge in [-0.1, -0.05) is 71.8 Å². The van der Waals surface area contributed by atoms with E-state index in [1.165, 1.54) is 6.33 Å². The minimum absolute atomic E-state index is 0.131. The van der Waals surface area contributed by atoms with Crippen LogP contribution in [0.3, 0.4) is 0 Å². The molecule has 0 saturated carbocycles. The van der Waals surface area contributed by atoms with Crippen molar-refractivity contribution in [2.24, 2.45) is 0 Å². The summed E-state index contributed by atoms with van der Waals surface area (Å²) in [6.45, 7) is 2.23. The second kappa shape index (κ2) is 8.47. The second-order valence-corrected chi connectivity index (χ2v) is 7.85. The van der Waals surface area contributed by atoms with E-state index in [2.05, 4.69) is 19.4 Å². The molecule has 27 heavy (non-hydrogen) atoms. The lowest BCUT2D eigenvalue weighted by Gasteiger charge is -2.13. The molecule has 2 aromatic carbocycles. The Labute approximate surface area is 163 Å². The molecule has 6 nitrogen and oxygen atoms in total. The zero-order valence-corrected chi connectivity index (χ0v) is 16.3. The normalized spacial score (nSPS) is 11.3. The van der Waals surface area contributed by atoms with Crippen molar-refractivity contribution in [1.29, 1.82) is 0 Å². The van der Waals surface area contributed by atoms with Gasteiger partial charge in [0, 0.05) is 6.54 Å². The van der Waals surface area contributed by atoms with Crippen LogP contribution in [-0.2, 0) is 16.6 Å². The van der Waals surface area contributed by atoms with Gasteiger partial charge in [0.15, 0.2) is 5.82 Å². The largest absolute Gasteiger partial charge is 0.300 e. The topological polar surface area (TPSA) is 84.0 Å². The maximum Gasteiger partial charge on any atom is 0.300 e. The van der Waals surface area contributed by atoms with Crippen molar-refractivity contribution in [3.8, 4) is 11.1 Å². The van der Waals surface area contributed by atoms with E-state index >= 15 is 0 Å². The summed E-state index contributed by atoms with van der Waals surface area (Å²) in [5.74, 6) is 0.131. The predicted molar refractivity (Wildman–Crippen MR) is 108 cm³/mol. The van der Waals surface area contributed by atoms with Gasteiger partial charge in [-0.05, 0) is 24.5 Å². The first-order valence-corrected chi connectivity index (χ1v) is 10.2. The molecule has 0 saturated heterocycles. The number of halogens is 1. The van der Waals surface area contributed by atoms with E-state index in [1.807, 2.05) is 61.5 Å². The molecule has 1 heterocycles. The van der Waals surface area contributed by atoms with Crippen LogP contribution in [0.15, 0.2) is 60.9 Å². The van der Waals surface area contributed by atoms with E-state index in [9.17, 15) is 8.42 Å². The summed E-state index contributed by atoms with van der Waals surface area (Å²) in [4.78, 5) is 8.03. The minimum atomic E-state index is -3.81. The van der Waals surface area contributed by atoms with Gasteiger partial charge >= 0.3 is 0 Å². The van der Waals surface area contributed by atoms with Crippen LogP contribution in [0.25, 0.3) is 11.1 Å². The first kappa shape index (κ1) is 19.3. The third-order valence-corrected chi connectivity index (χ3v) is 5.25. The number of benzene rings is 2. The number of aryl methyl sites for hydroxylation is 1. The number of nitrogens with one attached hydrogen (secondary N) is 2. The Morgan fingerprint density at radius 2 is 1.70 bits per heavy atom. The Hall–Kier alpha value is -2.48. The predicted octanol–water partition coefficient (Wildman–Crippen LogP) is 3.59. The molecule has 0 bridgehead atoms. The highest BCUT2D eigenvalue weighted by Crippen LogP contribution is 2.32. The van der Waals surface area contributed by atoms with Crippen LogP contribution in [0.1, 0.15) is 11.1 Å². The van der Waals surface area contributed by atoms with E-state index in [0.29, 0.717) is 12.0 Å². The second-order valence-electron chi connectivity index (χ2n) is 5.99. The zero-order chi connectivity index (χ0) is 19.3. The third-order valence-electron chi connectivity index (χ3n) is 3.92. The standard InChI is InChI=1S/C19H19ClN4O2S/c1-14-7-9-16(10-8-14)17-18(20)21-13-22-19(17)24-27(25,26)23-12-11-15-5-3-2-4-6-15/h2-10,13,23H,11-12H2,1H3,(H,21,22,24). The fourth-order valence-electron chi connectivity index (χ4n) is 2.56. The van der Waals surface area contributed by atoms with Gasteiger partial charge in [0.1, 0.15) is 11.5 Å². The molecule has 0 amide bonds. The van der Waals surface area contributed by atoms with Crippen LogP contribution >= 0.6 is 11.6 Å². The summed E-state index contributed by atoms with van der Waals surface area (Å²) in [7, 11) is -3.81. The van der Waals surface area contributed by atoms with Gasteiger partial charge in [0.2, 0.25) is 0 Å². The van der Waals surface area contributed by atoms with Crippen molar-refractivity contribution in [3.05, 3.63) is 77.2 Å². The fraction of sp³-hybridized carbons (Fsp3) is 0.158. The monoisotopic (exact) mass is 402 g/mol. The van der Waals surface area contributed by atoms with Crippen LogP contribution < -0.4 is 9.44 Å². The first-order valence-electron chi connectivity index (χ1n) is 8.33. The van der Waals surface area contributed by atoms with Gasteiger partial charge in [0.25, 0.3) is 10.2 Å². The molecule has 2 N–H and O–H groups in total. The highest BCUT2D eigenvalue weighted by Gasteiger charge is 2.17. The van der Waals surface area contributed by atoms with E-state index in [4.69, 9.17) is 11.6 Å². The number of hydrogen-bond donors (Lipinski definition) is 2. The average Bonchev–Trinajstić information content (AvgIpc) is 2.63. The molecule has 1 aromatic heterocycles. The molecule has 140 valence electrons. The number of anilines is 1. The van der Waals surface area contributed by atoms with Crippen molar-refractivity contribution in [2.75, 3.05) is 11.3 Å². The van der Waals surface area contributed by atoms with Crippen molar-refractivity contribution >= 4 is 27.6 Å². The molecule has 8 heteroatoms. The molecule has 0 aliphatic heterocycles. The van der Waals surface area contributed by atoms with Gasteiger partial charge in [0.05, 0.1) is 5.56 Å². The van der Waals surface area contributed by atoms with Crippen LogP contribution in [-0.4, -0.2) is 24.9 Å². The van der Waals surface area contributed by atoms with Crippen molar-refractivity contribution < 1.29 is 8.42 Å². The highest BCUT2D eigenvalue weighted by molar-refractivity contribution is 7.90. The summed E-state index contributed by atoms with van der Waals surface area (Å²) in [5, 5.41) is 0.177. The molecule has 0 radical (unpaired) electrons. The highest BCUT2D eigenvalue weighted by atomic mass is 35.5. The molecule has 0 atom stereocenters. The molecular formula is C19H19ClN4O2S. The van der Waals surface area contributed by atoms with E-state index in [0.717, 1.165) is 16.7 Å². The number of rotatable bonds is 7. The van der Waals surface area contributed by atoms with E-state index in [-0.39, 0.29) is 17.5 Å². The van der Waals surface area contributed by atoms with Gasteiger partial charge in [-0.25, -0.2) is 9.97 Å². The Morgan fingerprint density at radius 3 is 2.41 bits per heavy atom. The molecule has 0 unspecified atom stereocenters. The zero-order valence-electron chi connectivity index (χ0n) is 14.7. The molecule has 0 aliphatic carbocycles. The maximum atomic E-state index is 12.4. The smallest absolute Gasteiger partial charge is 0.254 e. The summed E-state index contributed by atoms with van der Waals surface area (Å²) in [6.07, 6.45) is 1.80. The fourth-order valence-corrected chi connectivity index (χ4v) is 3.65. The van der Waals surface area contributed by atoms with Gasteiger partial charge in [-0.3, -0.25) is 4.72 Å². The Kier molecular flexibility index (Phi) is 6.05. The Balaban J connectivity index is 1.76. The van der Waals surface area contributed by atoms with Crippen molar-refractivity contribution in [1.82, 2.24) is 14.7 Å². The summed E-state index contributed by atoms with van der Waals surface area (Å²) in [6, 6.07) is 17.2. The molecule has 0 fully saturated rings. The van der Waals surface area contributed by atoms with Gasteiger partial charge in [-0.15, -0.1) is 0 Å². The number of nitrogens with zero attached hydrogens (tertiary/aromatic N) is 2. The van der Waals surface area contributed by atoms with E-state index in [1.54, 1.807) is 0 Å². The van der Waals surface area contributed by atoms with Gasteiger partial charge < -0.3 is 0 Å². The quantitative estimate of drug-likeness (QED) is 0.591. The molecule has 3 aromatic rings. The Bertz CT molecular complexity index is 1010. The lowest BCUT2D eigenvalue weighted by atomic mass is 10.1. The lowest BCUT2D eigenvalue weighted by molar-refractivity contribution is 0.587. The van der Waals surface area contributed by atoms with Crippen LogP contribution in [0.5, 0.6) is 0 Å². The molecule has 3 rings (SSSR count). The average molecular weight is 403 g/mol. The summed E-state index contributed by atoms with van der Waals surface area (Å²) < 4.78 is 29.8. The number of hydrogen-bond acceptors (Lipinski definition) is 4. The Morgan fingerprint density at radius 1 is 1.00 bits per heavy atom. The molecule has 0 spiro atoms. The molecule has 0 aliphatic rings. The summed E-state index contributed by atoms with van der Waals surface area (Å²) >= 11 is 6.21. The van der Waals surface area contributed by atoms with Crippen molar-refractivity contribution in [2.45, 2.75) is 13.3 Å². The lowest BCUT2D eigenvalue weighted by Crippen LogP contribution is -2.32. The number of aromatic nitrogens is 2. The summed E-state index contributed by atoms with van der Waals surface area (Å²) in [5.41, 5.74) is 3.29. The first-order chi connectivity index (χ1) is 12.9. The SMILES string of the molecule is Cc1ccc(-c2c(Cl)ncnc2NS(=O)(=O)NCCc2ccccc2)cc1. The maximum absolute atomic E-state index is 12.4. The minimum Gasteiger partial charge on any atom is -0.254 e.